The fourth-order valence-corrected chi connectivity index (χ4v) is 4.49. The molecule has 1 nitrogen and oxygen atoms in total. The molecule has 1 atom stereocenters. The van der Waals surface area contributed by atoms with Crippen LogP contribution in [0.1, 0.15) is 37.6 Å². The lowest BCUT2D eigenvalue weighted by atomic mass is 9.83. The first-order chi connectivity index (χ1) is 9.61. The molecule has 0 amide bonds. The largest absolute Gasteiger partial charge is 0.414 e. The molecule has 0 fully saturated rings. The average molecular weight is 331 g/mol. The molecule has 5 heteroatoms. The minimum absolute atomic E-state index is 0.0949. The number of hydrogen-bond acceptors (Lipinski definition) is 2. The molecule has 0 bridgehead atoms. The summed E-state index contributed by atoms with van der Waals surface area (Å²) < 4.78 is 34.8. The van der Waals surface area contributed by atoms with Crippen LogP contribution in [0.25, 0.3) is 5.57 Å². The van der Waals surface area contributed by atoms with Gasteiger partial charge in [-0.2, -0.15) is 0 Å². The van der Waals surface area contributed by atoms with E-state index >= 15 is 0 Å². The highest BCUT2D eigenvalue weighted by molar-refractivity contribution is 7.10. The molecule has 0 saturated heterocycles. The molecule has 21 heavy (non-hydrogen) atoms. The molecule has 118 valence electrons. The third-order valence-electron chi connectivity index (χ3n) is 3.69. The van der Waals surface area contributed by atoms with Gasteiger partial charge in [-0.1, -0.05) is 20.8 Å². The summed E-state index contributed by atoms with van der Waals surface area (Å²) in [6.07, 6.45) is 1.80. The van der Waals surface area contributed by atoms with Crippen LogP contribution in [-0.4, -0.2) is 21.1 Å². The quantitative estimate of drug-likeness (QED) is 0.698. The van der Waals surface area contributed by atoms with Gasteiger partial charge in [0.15, 0.2) is 9.04 Å². The summed E-state index contributed by atoms with van der Waals surface area (Å²) in [6, 6.07) is 1.82. The van der Waals surface area contributed by atoms with Gasteiger partial charge in [-0.25, -0.2) is 8.78 Å². The normalized spacial score (nSPS) is 21.6. The number of allylic oxidation sites excluding steroid dienone is 1. The SMILES string of the molecule is C[SiH](C)OC(C=C1c2ccsc2CCC1(F)F)C(C)(C)C. The van der Waals surface area contributed by atoms with Crippen molar-refractivity contribution in [3.05, 3.63) is 28.0 Å². The summed E-state index contributed by atoms with van der Waals surface area (Å²) in [7, 11) is -1.30. The van der Waals surface area contributed by atoms with Crippen LogP contribution in [0.15, 0.2) is 17.5 Å². The molecule has 1 heterocycles. The Kier molecular flexibility index (Phi) is 4.76. The summed E-state index contributed by atoms with van der Waals surface area (Å²) in [6.45, 7) is 10.3. The number of alkyl halides is 2. The molecule has 0 aliphatic heterocycles. The predicted octanol–water partition coefficient (Wildman–Crippen LogP) is 5.13. The zero-order chi connectivity index (χ0) is 15.8. The highest BCUT2D eigenvalue weighted by Gasteiger charge is 2.41. The predicted molar refractivity (Wildman–Crippen MR) is 88.8 cm³/mol. The molecular formula is C16H24F2OSSi. The molecule has 1 aliphatic carbocycles. The summed E-state index contributed by atoms with van der Waals surface area (Å²) >= 11 is 1.57. The van der Waals surface area contributed by atoms with E-state index in [9.17, 15) is 8.78 Å². The molecule has 0 saturated carbocycles. The molecule has 0 radical (unpaired) electrons. The van der Waals surface area contributed by atoms with Gasteiger partial charge >= 0.3 is 0 Å². The van der Waals surface area contributed by atoms with Crippen molar-refractivity contribution >= 4 is 26.0 Å². The Hall–Kier alpha value is -0.523. The fraction of sp³-hybridized carbons (Fsp3) is 0.625. The van der Waals surface area contributed by atoms with Crippen molar-refractivity contribution in [2.45, 2.75) is 58.7 Å². The Morgan fingerprint density at radius 3 is 2.62 bits per heavy atom. The average Bonchev–Trinajstić information content (AvgIpc) is 2.77. The maximum atomic E-state index is 14.4. The van der Waals surface area contributed by atoms with Crippen LogP contribution in [0.3, 0.4) is 0 Å². The van der Waals surface area contributed by atoms with E-state index in [4.69, 9.17) is 4.43 Å². The van der Waals surface area contributed by atoms with Crippen LogP contribution in [0, 0.1) is 5.41 Å². The van der Waals surface area contributed by atoms with E-state index < -0.39 is 15.0 Å². The first-order valence-electron chi connectivity index (χ1n) is 7.43. The van der Waals surface area contributed by atoms with E-state index in [1.807, 2.05) is 32.2 Å². The van der Waals surface area contributed by atoms with Crippen LogP contribution >= 0.6 is 11.3 Å². The molecule has 0 N–H and O–H groups in total. The number of fused-ring (bicyclic) bond motifs is 1. The number of thiophene rings is 1. The molecule has 0 spiro atoms. The Bertz CT molecular complexity index is 529. The van der Waals surface area contributed by atoms with Gasteiger partial charge in [0.1, 0.15) is 0 Å². The van der Waals surface area contributed by atoms with Crippen LogP contribution in [0.4, 0.5) is 8.78 Å². The molecule has 0 aromatic carbocycles. The van der Waals surface area contributed by atoms with Gasteiger partial charge in [0.05, 0.1) is 6.10 Å². The van der Waals surface area contributed by atoms with Crippen molar-refractivity contribution in [3.8, 4) is 0 Å². The van der Waals surface area contributed by atoms with Gasteiger partial charge < -0.3 is 4.43 Å². The summed E-state index contributed by atoms with van der Waals surface area (Å²) in [5, 5.41) is 1.91. The highest BCUT2D eigenvalue weighted by Crippen LogP contribution is 2.45. The molecular weight excluding hydrogens is 306 g/mol. The van der Waals surface area contributed by atoms with E-state index in [-0.39, 0.29) is 23.5 Å². The second-order valence-corrected chi connectivity index (χ2v) is 10.4. The third-order valence-corrected chi connectivity index (χ3v) is 5.50. The second-order valence-electron chi connectivity index (χ2n) is 7.01. The number of aryl methyl sites for hydroxylation is 1. The lowest BCUT2D eigenvalue weighted by Gasteiger charge is -2.33. The third kappa shape index (κ3) is 3.82. The zero-order valence-electron chi connectivity index (χ0n) is 13.4. The minimum Gasteiger partial charge on any atom is -0.414 e. The maximum Gasteiger partial charge on any atom is 0.274 e. The first kappa shape index (κ1) is 16.8. The van der Waals surface area contributed by atoms with Gasteiger partial charge in [-0.3, -0.25) is 0 Å². The van der Waals surface area contributed by atoms with Gasteiger partial charge in [0.25, 0.3) is 5.92 Å². The highest BCUT2D eigenvalue weighted by atomic mass is 32.1. The first-order valence-corrected chi connectivity index (χ1v) is 11.1. The van der Waals surface area contributed by atoms with Crippen LogP contribution in [-0.2, 0) is 10.8 Å². The van der Waals surface area contributed by atoms with E-state index in [0.29, 0.717) is 6.42 Å². The van der Waals surface area contributed by atoms with E-state index in [2.05, 4.69) is 13.1 Å². The zero-order valence-corrected chi connectivity index (χ0v) is 15.3. The van der Waals surface area contributed by atoms with Crippen molar-refractivity contribution < 1.29 is 13.2 Å². The van der Waals surface area contributed by atoms with Crippen LogP contribution in [0.2, 0.25) is 13.1 Å². The molecule has 1 aliphatic rings. The van der Waals surface area contributed by atoms with Crippen molar-refractivity contribution in [1.82, 2.24) is 0 Å². The van der Waals surface area contributed by atoms with Gasteiger partial charge in [-0.15, -0.1) is 11.3 Å². The number of hydrogen-bond donors (Lipinski definition) is 0. The number of rotatable bonds is 3. The Balaban J connectivity index is 2.45. The second kappa shape index (κ2) is 5.93. The standard InChI is InChI=1S/C16H24F2OSSi/c1-15(2,3)14(19-21(4)5)10-12-11-7-9-20-13(11)6-8-16(12,17)18/h7,9-10,14,21H,6,8H2,1-5H3. The Morgan fingerprint density at radius 1 is 1.38 bits per heavy atom. The maximum absolute atomic E-state index is 14.4. The van der Waals surface area contributed by atoms with Gasteiger partial charge in [0.2, 0.25) is 0 Å². The van der Waals surface area contributed by atoms with Gasteiger partial charge in [-0.05, 0) is 48.0 Å². The summed E-state index contributed by atoms with van der Waals surface area (Å²) in [5.41, 5.74) is 0.702. The number of halogens is 2. The fourth-order valence-electron chi connectivity index (χ4n) is 2.53. The summed E-state index contributed by atoms with van der Waals surface area (Å²) in [4.78, 5) is 1.07. The van der Waals surface area contributed by atoms with E-state index in [1.54, 1.807) is 17.4 Å². The van der Waals surface area contributed by atoms with Gasteiger partial charge in [0, 0.05) is 16.9 Å². The van der Waals surface area contributed by atoms with Crippen LogP contribution in [0.5, 0.6) is 0 Å². The topological polar surface area (TPSA) is 9.23 Å². The Labute approximate surface area is 131 Å². The lowest BCUT2D eigenvalue weighted by molar-refractivity contribution is 0.0519. The lowest BCUT2D eigenvalue weighted by Crippen LogP contribution is -2.34. The monoisotopic (exact) mass is 330 g/mol. The molecule has 1 aromatic rings. The molecule has 1 unspecified atom stereocenters. The van der Waals surface area contributed by atoms with E-state index in [0.717, 1.165) is 10.4 Å². The van der Waals surface area contributed by atoms with Crippen molar-refractivity contribution in [1.29, 1.82) is 0 Å². The van der Waals surface area contributed by atoms with Crippen LogP contribution < -0.4 is 0 Å². The van der Waals surface area contributed by atoms with E-state index in [1.165, 1.54) is 0 Å². The van der Waals surface area contributed by atoms with Crippen molar-refractivity contribution in [2.75, 3.05) is 0 Å². The minimum atomic E-state index is -2.75. The Morgan fingerprint density at radius 2 is 2.05 bits per heavy atom. The summed E-state index contributed by atoms with van der Waals surface area (Å²) in [5.74, 6) is -2.75. The van der Waals surface area contributed by atoms with Crippen molar-refractivity contribution in [3.63, 3.8) is 0 Å². The van der Waals surface area contributed by atoms with Crippen molar-refractivity contribution in [2.24, 2.45) is 5.41 Å². The molecule has 1 aromatic heterocycles. The smallest absolute Gasteiger partial charge is 0.274 e. The molecule has 2 rings (SSSR count).